The van der Waals surface area contributed by atoms with Gasteiger partial charge in [0.05, 0.1) is 23.9 Å². The largest absolute Gasteiger partial charge is 0.462 e. The van der Waals surface area contributed by atoms with E-state index in [0.29, 0.717) is 5.82 Å². The summed E-state index contributed by atoms with van der Waals surface area (Å²) in [7, 11) is 0. The van der Waals surface area contributed by atoms with Gasteiger partial charge in [-0.3, -0.25) is 4.79 Å². The topological polar surface area (TPSA) is 86.1 Å². The van der Waals surface area contributed by atoms with Crippen LogP contribution in [0.15, 0.2) is 60.8 Å². The maximum absolute atomic E-state index is 14.1. The van der Waals surface area contributed by atoms with Crippen molar-refractivity contribution in [3.8, 4) is 5.82 Å². The molecule has 0 saturated carbocycles. The zero-order valence-electron chi connectivity index (χ0n) is 16.9. The van der Waals surface area contributed by atoms with Gasteiger partial charge >= 0.3 is 5.97 Å². The predicted octanol–water partition coefficient (Wildman–Crippen LogP) is 4.30. The highest BCUT2D eigenvalue weighted by molar-refractivity contribution is 6.07. The molecule has 4 rings (SSSR count). The number of rotatable bonds is 5. The summed E-state index contributed by atoms with van der Waals surface area (Å²) < 4.78 is 20.5. The molecule has 1 N–H and O–H groups in total. The predicted molar refractivity (Wildman–Crippen MR) is 114 cm³/mol. The van der Waals surface area contributed by atoms with E-state index in [0.717, 1.165) is 16.5 Å². The molecule has 31 heavy (non-hydrogen) atoms. The highest BCUT2D eigenvalue weighted by Gasteiger charge is 2.24. The standard InChI is InChI=1S/C23H19FN4O3/c1-3-31-23(30)17-13-25-28(20-12-14(2)15-8-5-7-11-19(15)26-20)21(17)27-22(29)16-9-4-6-10-18(16)24/h4-13H,3H2,1-2H3,(H,27,29). The van der Waals surface area contributed by atoms with Crippen molar-refractivity contribution in [2.75, 3.05) is 11.9 Å². The van der Waals surface area contributed by atoms with E-state index in [4.69, 9.17) is 4.74 Å². The van der Waals surface area contributed by atoms with Crippen LogP contribution in [0.5, 0.6) is 0 Å². The molecule has 2 heterocycles. The third-order valence-corrected chi connectivity index (χ3v) is 4.74. The van der Waals surface area contributed by atoms with Crippen LogP contribution in [0.4, 0.5) is 10.2 Å². The molecule has 0 fully saturated rings. The Bertz CT molecular complexity index is 1300. The molecule has 0 radical (unpaired) electrons. The summed E-state index contributed by atoms with van der Waals surface area (Å²) in [6, 6.07) is 15.0. The monoisotopic (exact) mass is 418 g/mol. The summed E-state index contributed by atoms with van der Waals surface area (Å²) in [5.41, 5.74) is 1.56. The first kappa shape index (κ1) is 20.2. The maximum Gasteiger partial charge on any atom is 0.343 e. The molecule has 1 amide bonds. The first-order valence-electron chi connectivity index (χ1n) is 9.67. The Hall–Kier alpha value is -4.07. The average Bonchev–Trinajstić information content (AvgIpc) is 3.17. The van der Waals surface area contributed by atoms with Crippen molar-refractivity contribution >= 4 is 28.6 Å². The molecule has 4 aromatic rings. The van der Waals surface area contributed by atoms with Crippen LogP contribution in [-0.4, -0.2) is 33.2 Å². The second-order valence-electron chi connectivity index (χ2n) is 6.79. The average molecular weight is 418 g/mol. The van der Waals surface area contributed by atoms with Crippen LogP contribution in [0.25, 0.3) is 16.7 Å². The SMILES string of the molecule is CCOC(=O)c1cnn(-c2cc(C)c3ccccc3n2)c1NC(=O)c1ccccc1F. The van der Waals surface area contributed by atoms with Gasteiger partial charge in [-0.05, 0) is 43.7 Å². The molecule has 2 aromatic heterocycles. The number of halogens is 1. The van der Waals surface area contributed by atoms with Crippen LogP contribution in [0.2, 0.25) is 0 Å². The van der Waals surface area contributed by atoms with Gasteiger partial charge in [0.25, 0.3) is 5.91 Å². The van der Waals surface area contributed by atoms with Gasteiger partial charge in [0.15, 0.2) is 11.6 Å². The van der Waals surface area contributed by atoms with Gasteiger partial charge in [-0.15, -0.1) is 0 Å². The van der Waals surface area contributed by atoms with Crippen molar-refractivity contribution < 1.29 is 18.7 Å². The van der Waals surface area contributed by atoms with Crippen LogP contribution in [0, 0.1) is 12.7 Å². The number of para-hydroxylation sites is 1. The molecule has 156 valence electrons. The second kappa shape index (κ2) is 8.35. The molecule has 0 unspecified atom stereocenters. The van der Waals surface area contributed by atoms with Crippen LogP contribution in [-0.2, 0) is 4.74 Å². The number of aromatic nitrogens is 3. The van der Waals surface area contributed by atoms with Crippen molar-refractivity contribution in [3.05, 3.63) is 83.3 Å². The molecule has 0 bridgehead atoms. The number of ether oxygens (including phenoxy) is 1. The Morgan fingerprint density at radius 3 is 2.61 bits per heavy atom. The lowest BCUT2D eigenvalue weighted by Gasteiger charge is -2.12. The number of carbonyl (C=O) groups is 2. The number of anilines is 1. The number of esters is 1. The minimum absolute atomic E-state index is 0.0409. The Balaban J connectivity index is 1.83. The summed E-state index contributed by atoms with van der Waals surface area (Å²) in [6.45, 7) is 3.76. The van der Waals surface area contributed by atoms with Crippen molar-refractivity contribution in [2.45, 2.75) is 13.8 Å². The van der Waals surface area contributed by atoms with Crippen LogP contribution in [0.3, 0.4) is 0 Å². The third-order valence-electron chi connectivity index (χ3n) is 4.74. The summed E-state index contributed by atoms with van der Waals surface area (Å²) in [5, 5.41) is 7.83. The van der Waals surface area contributed by atoms with Crippen molar-refractivity contribution in [1.29, 1.82) is 0 Å². The van der Waals surface area contributed by atoms with Crippen molar-refractivity contribution in [3.63, 3.8) is 0 Å². The van der Waals surface area contributed by atoms with Gasteiger partial charge < -0.3 is 10.1 Å². The normalized spacial score (nSPS) is 10.8. The Labute approximate surface area is 177 Å². The smallest absolute Gasteiger partial charge is 0.343 e. The van der Waals surface area contributed by atoms with E-state index < -0.39 is 17.7 Å². The number of amides is 1. The zero-order chi connectivity index (χ0) is 22.0. The number of fused-ring (bicyclic) bond motifs is 1. The highest BCUT2D eigenvalue weighted by atomic mass is 19.1. The summed E-state index contributed by atoms with van der Waals surface area (Å²) in [6.07, 6.45) is 1.29. The molecule has 7 nitrogen and oxygen atoms in total. The van der Waals surface area contributed by atoms with E-state index in [9.17, 15) is 14.0 Å². The van der Waals surface area contributed by atoms with E-state index in [1.165, 1.54) is 29.1 Å². The Kier molecular flexibility index (Phi) is 5.44. The van der Waals surface area contributed by atoms with E-state index in [1.807, 2.05) is 31.2 Å². The lowest BCUT2D eigenvalue weighted by molar-refractivity contribution is 0.0527. The van der Waals surface area contributed by atoms with Gasteiger partial charge in [0.1, 0.15) is 11.4 Å². The third kappa shape index (κ3) is 3.87. The van der Waals surface area contributed by atoms with Crippen LogP contribution >= 0.6 is 0 Å². The molecule has 0 spiro atoms. The molecule has 0 aliphatic heterocycles. The fraction of sp³-hybridized carbons (Fsp3) is 0.130. The minimum Gasteiger partial charge on any atom is -0.462 e. The maximum atomic E-state index is 14.1. The zero-order valence-corrected chi connectivity index (χ0v) is 16.9. The van der Waals surface area contributed by atoms with Crippen molar-refractivity contribution in [1.82, 2.24) is 14.8 Å². The van der Waals surface area contributed by atoms with Gasteiger partial charge in [-0.25, -0.2) is 14.2 Å². The van der Waals surface area contributed by atoms with E-state index >= 15 is 0 Å². The van der Waals surface area contributed by atoms with E-state index in [2.05, 4.69) is 15.4 Å². The first-order chi connectivity index (χ1) is 15.0. The molecular weight excluding hydrogens is 399 g/mol. The number of hydrogen-bond donors (Lipinski definition) is 1. The van der Waals surface area contributed by atoms with Gasteiger partial charge in [-0.2, -0.15) is 9.78 Å². The summed E-state index contributed by atoms with van der Waals surface area (Å²) >= 11 is 0. The molecule has 0 saturated heterocycles. The molecule has 2 aromatic carbocycles. The molecule has 0 atom stereocenters. The number of benzene rings is 2. The fourth-order valence-corrected chi connectivity index (χ4v) is 3.26. The molecule has 0 aliphatic carbocycles. The van der Waals surface area contributed by atoms with Gasteiger partial charge in [0.2, 0.25) is 0 Å². The summed E-state index contributed by atoms with van der Waals surface area (Å²) in [5.74, 6) is -1.61. The van der Waals surface area contributed by atoms with Gasteiger partial charge in [0, 0.05) is 5.39 Å². The van der Waals surface area contributed by atoms with Crippen LogP contribution in [0.1, 0.15) is 33.2 Å². The Morgan fingerprint density at radius 2 is 1.84 bits per heavy atom. The van der Waals surface area contributed by atoms with E-state index in [1.54, 1.807) is 19.1 Å². The number of nitrogens with one attached hydrogen (secondary N) is 1. The number of aryl methyl sites for hydroxylation is 1. The Morgan fingerprint density at radius 1 is 1.10 bits per heavy atom. The number of nitrogens with zero attached hydrogens (tertiary/aromatic N) is 3. The number of carbonyl (C=O) groups excluding carboxylic acids is 2. The minimum atomic E-state index is -0.720. The first-order valence-corrected chi connectivity index (χ1v) is 9.67. The quantitative estimate of drug-likeness (QED) is 0.489. The molecule has 0 aliphatic rings. The summed E-state index contributed by atoms with van der Waals surface area (Å²) in [4.78, 5) is 29.8. The van der Waals surface area contributed by atoms with Crippen molar-refractivity contribution in [2.24, 2.45) is 0 Å². The molecular formula is C23H19FN4O3. The molecule has 8 heteroatoms. The lowest BCUT2D eigenvalue weighted by atomic mass is 10.1. The number of pyridine rings is 1. The fourth-order valence-electron chi connectivity index (χ4n) is 3.26. The van der Waals surface area contributed by atoms with E-state index in [-0.39, 0.29) is 23.6 Å². The second-order valence-corrected chi connectivity index (χ2v) is 6.79. The lowest BCUT2D eigenvalue weighted by Crippen LogP contribution is -2.19. The van der Waals surface area contributed by atoms with Gasteiger partial charge in [-0.1, -0.05) is 30.3 Å². The number of hydrogen-bond acceptors (Lipinski definition) is 5. The highest BCUT2D eigenvalue weighted by Crippen LogP contribution is 2.25. The van der Waals surface area contributed by atoms with Crippen LogP contribution < -0.4 is 5.32 Å².